The molecule has 0 amide bonds. The van der Waals surface area contributed by atoms with E-state index in [-0.39, 0.29) is 5.56 Å². The van der Waals surface area contributed by atoms with Gasteiger partial charge in [-0.1, -0.05) is 23.7 Å². The molecule has 5 heteroatoms. The van der Waals surface area contributed by atoms with E-state index in [9.17, 15) is 4.79 Å². The van der Waals surface area contributed by atoms with Crippen LogP contribution in [0.3, 0.4) is 0 Å². The third-order valence-corrected chi connectivity index (χ3v) is 3.37. The third-order valence-electron chi connectivity index (χ3n) is 3.04. The van der Waals surface area contributed by atoms with Crippen molar-refractivity contribution in [3.8, 4) is 17.1 Å². The maximum atomic E-state index is 12.2. The zero-order valence-electron chi connectivity index (χ0n) is 10.7. The van der Waals surface area contributed by atoms with Gasteiger partial charge in [0.15, 0.2) is 0 Å². The molecule has 0 unspecified atom stereocenters. The fourth-order valence-electron chi connectivity index (χ4n) is 2.03. The molecule has 0 radical (unpaired) electrons. The van der Waals surface area contributed by atoms with Crippen LogP contribution in [0, 0.1) is 0 Å². The van der Waals surface area contributed by atoms with Gasteiger partial charge in [0.25, 0.3) is 5.56 Å². The van der Waals surface area contributed by atoms with Crippen molar-refractivity contribution < 1.29 is 4.74 Å². The van der Waals surface area contributed by atoms with Crippen molar-refractivity contribution in [1.29, 1.82) is 0 Å². The van der Waals surface area contributed by atoms with Gasteiger partial charge in [0.2, 0.25) is 0 Å². The molecule has 0 saturated carbocycles. The van der Waals surface area contributed by atoms with E-state index in [2.05, 4.69) is 9.97 Å². The van der Waals surface area contributed by atoms with Crippen LogP contribution in [0.25, 0.3) is 22.3 Å². The average molecular weight is 287 g/mol. The lowest BCUT2D eigenvalue weighted by atomic mass is 10.2. The molecule has 20 heavy (non-hydrogen) atoms. The molecule has 2 aromatic carbocycles. The van der Waals surface area contributed by atoms with E-state index in [1.54, 1.807) is 31.4 Å². The maximum absolute atomic E-state index is 12.2. The van der Waals surface area contributed by atoms with Gasteiger partial charge in [0.05, 0.1) is 23.0 Å². The number of methoxy groups -OCH3 is 1. The summed E-state index contributed by atoms with van der Waals surface area (Å²) in [5.74, 6) is 1.08. The third kappa shape index (κ3) is 2.14. The number of nitrogens with zero attached hydrogens (tertiary/aromatic N) is 1. The molecular formula is C15H11ClN2O2. The van der Waals surface area contributed by atoms with Crippen molar-refractivity contribution in [1.82, 2.24) is 9.97 Å². The number of hydrogen-bond acceptors (Lipinski definition) is 3. The van der Waals surface area contributed by atoms with Gasteiger partial charge < -0.3 is 9.72 Å². The Balaban J connectivity index is 2.26. The van der Waals surface area contributed by atoms with E-state index >= 15 is 0 Å². The largest absolute Gasteiger partial charge is 0.497 e. The van der Waals surface area contributed by atoms with Crippen LogP contribution >= 0.6 is 11.6 Å². The molecule has 100 valence electrons. The quantitative estimate of drug-likeness (QED) is 0.787. The summed E-state index contributed by atoms with van der Waals surface area (Å²) in [5, 5.41) is 1.03. The summed E-state index contributed by atoms with van der Waals surface area (Å²) in [4.78, 5) is 19.4. The first-order valence-corrected chi connectivity index (χ1v) is 6.40. The monoisotopic (exact) mass is 286 g/mol. The zero-order valence-corrected chi connectivity index (χ0v) is 11.4. The number of halogens is 1. The second-order valence-electron chi connectivity index (χ2n) is 4.28. The van der Waals surface area contributed by atoms with Crippen LogP contribution in [0.1, 0.15) is 0 Å². The Morgan fingerprint density at radius 3 is 2.75 bits per heavy atom. The summed E-state index contributed by atoms with van der Waals surface area (Å²) in [6, 6.07) is 12.4. The van der Waals surface area contributed by atoms with Crippen LogP contribution in [0.5, 0.6) is 5.75 Å². The van der Waals surface area contributed by atoms with E-state index in [0.717, 1.165) is 0 Å². The van der Waals surface area contributed by atoms with Gasteiger partial charge in [-0.2, -0.15) is 0 Å². The molecular weight excluding hydrogens is 276 g/mol. The lowest BCUT2D eigenvalue weighted by Crippen LogP contribution is -2.09. The number of H-pyrrole nitrogens is 1. The van der Waals surface area contributed by atoms with Crippen LogP contribution in [0.4, 0.5) is 0 Å². The van der Waals surface area contributed by atoms with Crippen molar-refractivity contribution in [3.05, 3.63) is 57.8 Å². The predicted molar refractivity (Wildman–Crippen MR) is 79.4 cm³/mol. The van der Waals surface area contributed by atoms with Crippen molar-refractivity contribution in [2.24, 2.45) is 0 Å². The average Bonchev–Trinajstić information content (AvgIpc) is 2.47. The van der Waals surface area contributed by atoms with E-state index in [4.69, 9.17) is 16.3 Å². The Morgan fingerprint density at radius 1 is 1.20 bits per heavy atom. The lowest BCUT2D eigenvalue weighted by molar-refractivity contribution is 0.415. The fraction of sp³-hybridized carbons (Fsp3) is 0.0667. The number of aromatic nitrogens is 2. The molecule has 0 aliphatic carbocycles. The van der Waals surface area contributed by atoms with Gasteiger partial charge in [-0.3, -0.25) is 4.79 Å². The second kappa shape index (κ2) is 4.98. The Morgan fingerprint density at radius 2 is 2.00 bits per heavy atom. The van der Waals surface area contributed by atoms with Crippen molar-refractivity contribution >= 4 is 22.5 Å². The summed E-state index contributed by atoms with van der Waals surface area (Å²) in [7, 11) is 1.56. The zero-order chi connectivity index (χ0) is 14.1. The minimum atomic E-state index is -0.219. The molecule has 1 N–H and O–H groups in total. The second-order valence-corrected chi connectivity index (χ2v) is 4.68. The molecule has 0 fully saturated rings. The summed E-state index contributed by atoms with van der Waals surface area (Å²) in [6.07, 6.45) is 0. The summed E-state index contributed by atoms with van der Waals surface area (Å²) >= 11 is 6.13. The highest BCUT2D eigenvalue weighted by molar-refractivity contribution is 6.33. The van der Waals surface area contributed by atoms with E-state index in [1.165, 1.54) is 0 Å². The van der Waals surface area contributed by atoms with Crippen LogP contribution in [-0.4, -0.2) is 17.1 Å². The Kier molecular flexibility index (Phi) is 3.16. The number of ether oxygens (including phenoxy) is 1. The van der Waals surface area contributed by atoms with Gasteiger partial charge in [0.1, 0.15) is 11.6 Å². The van der Waals surface area contributed by atoms with Crippen LogP contribution in [0.2, 0.25) is 5.02 Å². The van der Waals surface area contributed by atoms with Crippen molar-refractivity contribution in [3.63, 3.8) is 0 Å². The standard InChI is InChI=1S/C15H11ClN2O2/c1-20-9-6-7-13-11(8-9)15(19)18-14(17-13)10-4-2-3-5-12(10)16/h2-8H,1H3,(H,17,18,19). The highest BCUT2D eigenvalue weighted by atomic mass is 35.5. The van der Waals surface area contributed by atoms with Gasteiger partial charge in [-0.15, -0.1) is 0 Å². The lowest BCUT2D eigenvalue weighted by Gasteiger charge is -2.06. The number of fused-ring (bicyclic) bond motifs is 1. The predicted octanol–water partition coefficient (Wildman–Crippen LogP) is 3.25. The van der Waals surface area contributed by atoms with Gasteiger partial charge in [0, 0.05) is 5.56 Å². The maximum Gasteiger partial charge on any atom is 0.259 e. The molecule has 0 saturated heterocycles. The van der Waals surface area contributed by atoms with Gasteiger partial charge >= 0.3 is 0 Å². The fourth-order valence-corrected chi connectivity index (χ4v) is 2.25. The molecule has 0 aliphatic rings. The number of nitrogens with one attached hydrogen (secondary N) is 1. The number of benzene rings is 2. The van der Waals surface area contributed by atoms with E-state index < -0.39 is 0 Å². The highest BCUT2D eigenvalue weighted by Crippen LogP contribution is 2.25. The van der Waals surface area contributed by atoms with Gasteiger partial charge in [-0.05, 0) is 30.3 Å². The molecule has 0 aliphatic heterocycles. The summed E-state index contributed by atoms with van der Waals surface area (Å²) in [6.45, 7) is 0. The molecule has 3 aromatic rings. The molecule has 0 bridgehead atoms. The Labute approximate surface area is 120 Å². The van der Waals surface area contributed by atoms with Crippen LogP contribution < -0.4 is 10.3 Å². The molecule has 0 spiro atoms. The first kappa shape index (κ1) is 12.7. The SMILES string of the molecule is COc1ccc2nc(-c3ccccc3Cl)[nH]c(=O)c2c1. The summed E-state index contributed by atoms with van der Waals surface area (Å²) < 4.78 is 5.11. The summed E-state index contributed by atoms with van der Waals surface area (Å²) in [5.41, 5.74) is 1.08. The Bertz CT molecular complexity index is 843. The highest BCUT2D eigenvalue weighted by Gasteiger charge is 2.09. The number of rotatable bonds is 2. The molecule has 0 atom stereocenters. The number of aromatic amines is 1. The van der Waals surface area contributed by atoms with Crippen molar-refractivity contribution in [2.75, 3.05) is 7.11 Å². The van der Waals surface area contributed by atoms with E-state index in [0.29, 0.717) is 33.1 Å². The smallest absolute Gasteiger partial charge is 0.259 e. The van der Waals surface area contributed by atoms with Crippen LogP contribution in [0.15, 0.2) is 47.3 Å². The minimum Gasteiger partial charge on any atom is -0.497 e. The van der Waals surface area contributed by atoms with E-state index in [1.807, 2.05) is 18.2 Å². The number of hydrogen-bond donors (Lipinski definition) is 1. The van der Waals surface area contributed by atoms with Crippen molar-refractivity contribution in [2.45, 2.75) is 0 Å². The molecule has 1 heterocycles. The normalized spacial score (nSPS) is 10.7. The topological polar surface area (TPSA) is 55.0 Å². The Hall–Kier alpha value is -2.33. The minimum absolute atomic E-state index is 0.219. The first-order valence-electron chi connectivity index (χ1n) is 6.02. The van der Waals surface area contributed by atoms with Crippen LogP contribution in [-0.2, 0) is 0 Å². The first-order chi connectivity index (χ1) is 9.69. The van der Waals surface area contributed by atoms with Gasteiger partial charge in [-0.25, -0.2) is 4.98 Å². The molecule has 4 nitrogen and oxygen atoms in total. The molecule has 3 rings (SSSR count). The molecule has 1 aromatic heterocycles.